The van der Waals surface area contributed by atoms with E-state index >= 15 is 0 Å². The zero-order valence-electron chi connectivity index (χ0n) is 15.2. The molecule has 0 radical (unpaired) electrons. The first-order valence-electron chi connectivity index (χ1n) is 8.55. The largest absolute Gasteiger partial charge is 0.384 e. The van der Waals surface area contributed by atoms with E-state index in [1.807, 2.05) is 13.8 Å². The molecule has 0 bridgehead atoms. The maximum absolute atomic E-state index is 12.4. The molecule has 1 fully saturated rings. The number of aldehydes is 1. The van der Waals surface area contributed by atoms with E-state index in [2.05, 4.69) is 40.2 Å². The van der Waals surface area contributed by atoms with Gasteiger partial charge in [-0.15, -0.1) is 24.0 Å². The molecule has 1 aromatic heterocycles. The Morgan fingerprint density at radius 1 is 1.31 bits per heavy atom. The van der Waals surface area contributed by atoms with E-state index in [-0.39, 0.29) is 5.91 Å². The second-order valence-corrected chi connectivity index (χ2v) is 7.17. The van der Waals surface area contributed by atoms with Gasteiger partial charge < -0.3 is 15.1 Å². The SMILES string of the molecule is C=C/C=C(\S)C(=O)N1CCN(/C(=C(\C)C=O)c2cscc2NCC)CC1. The summed E-state index contributed by atoms with van der Waals surface area (Å²) in [6.45, 7) is 10.8. The lowest BCUT2D eigenvalue weighted by molar-refractivity contribution is -0.127. The molecule has 0 unspecified atom stereocenters. The Balaban J connectivity index is 2.19. The second-order valence-electron chi connectivity index (χ2n) is 5.95. The van der Waals surface area contributed by atoms with Crippen LogP contribution < -0.4 is 5.32 Å². The van der Waals surface area contributed by atoms with Crippen molar-refractivity contribution in [3.8, 4) is 0 Å². The van der Waals surface area contributed by atoms with Crippen LogP contribution in [0.2, 0.25) is 0 Å². The predicted molar refractivity (Wildman–Crippen MR) is 113 cm³/mol. The van der Waals surface area contributed by atoms with E-state index in [4.69, 9.17) is 0 Å². The van der Waals surface area contributed by atoms with E-state index in [0.29, 0.717) is 36.7 Å². The van der Waals surface area contributed by atoms with Gasteiger partial charge in [0.2, 0.25) is 0 Å². The standard InChI is InChI=1S/C19H25N3O2S2/c1-4-6-17(25)19(24)22-9-7-21(8-10-22)18(14(3)11-23)15-12-26-13-16(15)20-5-2/h4,6,11-13,20,25H,1,5,7-10H2,2-3H3/b17-6-,18-14+. The summed E-state index contributed by atoms with van der Waals surface area (Å²) in [7, 11) is 0. The minimum absolute atomic E-state index is 0.0885. The number of carbonyl (C=O) groups excluding carboxylic acids is 2. The van der Waals surface area contributed by atoms with Crippen molar-refractivity contribution in [3.63, 3.8) is 0 Å². The van der Waals surface area contributed by atoms with Crippen molar-refractivity contribution in [2.75, 3.05) is 38.0 Å². The van der Waals surface area contributed by atoms with Gasteiger partial charge in [-0.1, -0.05) is 12.7 Å². The van der Waals surface area contributed by atoms with Gasteiger partial charge in [-0.05, 0) is 19.9 Å². The molecule has 1 aliphatic rings. The molecule has 26 heavy (non-hydrogen) atoms. The summed E-state index contributed by atoms with van der Waals surface area (Å²) in [6.07, 6.45) is 4.07. The zero-order valence-corrected chi connectivity index (χ0v) is 16.9. The molecule has 1 aromatic rings. The lowest BCUT2D eigenvalue weighted by Gasteiger charge is -2.38. The topological polar surface area (TPSA) is 52.7 Å². The third-order valence-electron chi connectivity index (χ3n) is 4.21. The zero-order chi connectivity index (χ0) is 19.1. The molecule has 2 heterocycles. The predicted octanol–water partition coefficient (Wildman–Crippen LogP) is 3.25. The van der Waals surface area contributed by atoms with Gasteiger partial charge in [-0.25, -0.2) is 0 Å². The highest BCUT2D eigenvalue weighted by Crippen LogP contribution is 2.33. The first-order valence-corrected chi connectivity index (χ1v) is 9.94. The normalized spacial score (nSPS) is 16.2. The van der Waals surface area contributed by atoms with E-state index in [9.17, 15) is 9.59 Å². The highest BCUT2D eigenvalue weighted by atomic mass is 32.1. The van der Waals surface area contributed by atoms with Crippen LogP contribution in [0, 0.1) is 0 Å². The summed E-state index contributed by atoms with van der Waals surface area (Å²) in [5.41, 5.74) is 3.72. The summed E-state index contributed by atoms with van der Waals surface area (Å²) in [5, 5.41) is 7.48. The molecule has 1 aliphatic heterocycles. The van der Waals surface area contributed by atoms with E-state index in [1.54, 1.807) is 28.4 Å². The molecule has 1 N–H and O–H groups in total. The summed E-state index contributed by atoms with van der Waals surface area (Å²) < 4.78 is 0. The molecule has 5 nitrogen and oxygen atoms in total. The Morgan fingerprint density at radius 3 is 2.54 bits per heavy atom. The van der Waals surface area contributed by atoms with Crippen LogP contribution in [-0.4, -0.2) is 54.7 Å². The molecule has 1 saturated heterocycles. The number of anilines is 1. The van der Waals surface area contributed by atoms with Crippen LogP contribution in [0.25, 0.3) is 5.70 Å². The molecule has 2 rings (SSSR count). The number of carbonyl (C=O) groups is 2. The molecular formula is C19H25N3O2S2. The maximum Gasteiger partial charge on any atom is 0.260 e. The van der Waals surface area contributed by atoms with Crippen LogP contribution in [-0.2, 0) is 9.59 Å². The van der Waals surface area contributed by atoms with Gasteiger partial charge >= 0.3 is 0 Å². The van der Waals surface area contributed by atoms with Crippen LogP contribution in [0.5, 0.6) is 0 Å². The Morgan fingerprint density at radius 2 is 1.96 bits per heavy atom. The number of allylic oxidation sites excluding steroid dienone is 3. The highest BCUT2D eigenvalue weighted by molar-refractivity contribution is 7.85. The third-order valence-corrected chi connectivity index (χ3v) is 5.30. The maximum atomic E-state index is 12.4. The van der Waals surface area contributed by atoms with Crippen molar-refractivity contribution >= 4 is 47.5 Å². The molecule has 0 aromatic carbocycles. The van der Waals surface area contributed by atoms with Gasteiger partial charge in [0.15, 0.2) is 0 Å². The summed E-state index contributed by atoms with van der Waals surface area (Å²) in [4.78, 5) is 28.2. The Labute approximate surface area is 164 Å². The van der Waals surface area contributed by atoms with Crippen molar-refractivity contribution in [2.45, 2.75) is 13.8 Å². The summed E-state index contributed by atoms with van der Waals surface area (Å²) in [6, 6.07) is 0. The van der Waals surface area contributed by atoms with Gasteiger partial charge in [0.25, 0.3) is 5.91 Å². The molecule has 0 atom stereocenters. The molecule has 0 saturated carbocycles. The quantitative estimate of drug-likeness (QED) is 0.324. The average Bonchev–Trinajstić information content (AvgIpc) is 3.10. The smallest absolute Gasteiger partial charge is 0.260 e. The fraction of sp³-hybridized carbons (Fsp3) is 0.368. The Kier molecular flexibility index (Phi) is 7.53. The number of nitrogens with zero attached hydrogens (tertiary/aromatic N) is 2. The van der Waals surface area contributed by atoms with E-state index in [0.717, 1.165) is 29.8 Å². The monoisotopic (exact) mass is 391 g/mol. The molecule has 0 spiro atoms. The van der Waals surface area contributed by atoms with Crippen LogP contribution in [0.4, 0.5) is 5.69 Å². The number of hydrogen-bond acceptors (Lipinski definition) is 6. The number of thiophene rings is 1. The number of hydrogen-bond donors (Lipinski definition) is 2. The highest BCUT2D eigenvalue weighted by Gasteiger charge is 2.26. The average molecular weight is 392 g/mol. The van der Waals surface area contributed by atoms with Crippen molar-refractivity contribution in [1.29, 1.82) is 0 Å². The van der Waals surface area contributed by atoms with Crippen molar-refractivity contribution in [3.05, 3.63) is 45.5 Å². The number of thiol groups is 1. The minimum Gasteiger partial charge on any atom is -0.384 e. The Bertz CT molecular complexity index is 729. The third kappa shape index (κ3) is 4.59. The van der Waals surface area contributed by atoms with Crippen molar-refractivity contribution in [2.24, 2.45) is 0 Å². The lowest BCUT2D eigenvalue weighted by Crippen LogP contribution is -2.48. The van der Waals surface area contributed by atoms with Crippen molar-refractivity contribution < 1.29 is 9.59 Å². The first kappa shape index (κ1) is 20.3. The molecule has 140 valence electrons. The fourth-order valence-corrected chi connectivity index (χ4v) is 4.01. The summed E-state index contributed by atoms with van der Waals surface area (Å²) in [5.74, 6) is -0.0885. The van der Waals surface area contributed by atoms with Gasteiger partial charge in [-0.2, -0.15) is 0 Å². The number of amides is 1. The van der Waals surface area contributed by atoms with Crippen LogP contribution in [0.1, 0.15) is 19.4 Å². The van der Waals surface area contributed by atoms with E-state index in [1.165, 1.54) is 0 Å². The molecular weight excluding hydrogens is 366 g/mol. The molecule has 1 amide bonds. The second kappa shape index (κ2) is 9.64. The van der Waals surface area contributed by atoms with Gasteiger partial charge in [0.1, 0.15) is 6.29 Å². The van der Waals surface area contributed by atoms with Gasteiger partial charge in [0, 0.05) is 54.6 Å². The van der Waals surface area contributed by atoms with Gasteiger partial charge in [0.05, 0.1) is 16.3 Å². The van der Waals surface area contributed by atoms with Crippen molar-refractivity contribution in [1.82, 2.24) is 9.80 Å². The number of rotatable bonds is 7. The summed E-state index contributed by atoms with van der Waals surface area (Å²) >= 11 is 5.84. The number of nitrogens with one attached hydrogen (secondary N) is 1. The first-order chi connectivity index (χ1) is 12.5. The van der Waals surface area contributed by atoms with Gasteiger partial charge in [-0.3, -0.25) is 9.59 Å². The number of piperazine rings is 1. The minimum atomic E-state index is -0.0885. The Hall–Kier alpha value is -1.99. The lowest BCUT2D eigenvalue weighted by atomic mass is 10.1. The van der Waals surface area contributed by atoms with E-state index < -0.39 is 0 Å². The molecule has 7 heteroatoms. The van der Waals surface area contributed by atoms with Crippen LogP contribution in [0.3, 0.4) is 0 Å². The fourth-order valence-electron chi connectivity index (χ4n) is 2.97. The van der Waals surface area contributed by atoms with Crippen LogP contribution >= 0.6 is 24.0 Å². The molecule has 0 aliphatic carbocycles. The van der Waals surface area contributed by atoms with Crippen LogP contribution in [0.15, 0.2) is 40.0 Å².